The second-order valence-electron chi connectivity index (χ2n) is 6.18. The van der Waals surface area contributed by atoms with Crippen LogP contribution in [0.1, 0.15) is 65.0 Å². The number of aromatic nitrogens is 3. The molecule has 3 heterocycles. The number of nitriles is 1. The molecule has 2 aromatic heterocycles. The van der Waals surface area contributed by atoms with Crippen LogP contribution < -0.4 is 5.31 Å². The largest absolute Gasteiger partial charge is 0.366 e. The fourth-order valence-electron chi connectivity index (χ4n) is 2.83. The Hall–Kier alpha value is -2.63. The molecule has 1 unspecified atom stereocenters. The summed E-state index contributed by atoms with van der Waals surface area (Å²) in [5, 5.41) is 9.40. The van der Waals surface area contributed by atoms with Gasteiger partial charge in [0.15, 0.2) is 7.06 Å². The van der Waals surface area contributed by atoms with Crippen molar-refractivity contribution >= 4 is 27.5 Å². The van der Waals surface area contributed by atoms with Crippen LogP contribution in [0.2, 0.25) is 1.41 Å². The molecule has 0 spiro atoms. The normalized spacial score (nSPS) is 25.6. The Morgan fingerprint density at radius 3 is 3.14 bits per heavy atom. The molecule has 1 aromatic carbocycles. The molecule has 29 heavy (non-hydrogen) atoms. The highest BCUT2D eigenvalue weighted by molar-refractivity contribution is 7.19. The van der Waals surface area contributed by atoms with Gasteiger partial charge in [0.1, 0.15) is 28.7 Å². The number of fused-ring (bicyclic) bond motifs is 1. The van der Waals surface area contributed by atoms with Gasteiger partial charge in [0.05, 0.1) is 16.1 Å². The number of hydrogen-bond acceptors (Lipinski definition) is 7. The van der Waals surface area contributed by atoms with Gasteiger partial charge in [-0.1, -0.05) is 19.7 Å². The van der Waals surface area contributed by atoms with Crippen LogP contribution in [0.3, 0.4) is 0 Å². The summed E-state index contributed by atoms with van der Waals surface area (Å²) in [5.41, 5.74) is -1.20. The van der Waals surface area contributed by atoms with E-state index in [4.69, 9.17) is 17.9 Å². The van der Waals surface area contributed by atoms with E-state index in [2.05, 4.69) is 15.0 Å². The minimum absolute atomic E-state index is 0.00534. The summed E-state index contributed by atoms with van der Waals surface area (Å²) in [6.45, 7) is -8.00. The lowest BCUT2D eigenvalue weighted by Crippen LogP contribution is -2.38. The number of nitrogens with one attached hydrogen (secondary N) is 1. The molecule has 0 amide bonds. The fraction of sp³-hybridized carbons (Fsp3) is 0.429. The molecule has 1 N–H and O–H groups in total. The van der Waals surface area contributed by atoms with Gasteiger partial charge in [-0.2, -0.15) is 5.26 Å². The molecule has 150 valence electrons. The van der Waals surface area contributed by atoms with E-state index < -0.39 is 66.7 Å². The Labute approximate surface area is 191 Å². The molecule has 1 aliphatic rings. The van der Waals surface area contributed by atoms with Gasteiger partial charge in [0, 0.05) is 42.5 Å². The second kappa shape index (κ2) is 8.39. The zero-order chi connectivity index (χ0) is 31.6. The predicted octanol–water partition coefficient (Wildman–Crippen LogP) is 4.30. The first-order valence-corrected chi connectivity index (χ1v) is 9.38. The third-order valence-corrected chi connectivity index (χ3v) is 5.29. The summed E-state index contributed by atoms with van der Waals surface area (Å²) in [6, 6.07) is -2.42. The Morgan fingerprint density at radius 2 is 2.38 bits per heavy atom. The van der Waals surface area contributed by atoms with Gasteiger partial charge < -0.3 is 5.31 Å². The first kappa shape index (κ1) is 9.45. The molecule has 0 saturated carbocycles. The molecule has 1 fully saturated rings. The lowest BCUT2D eigenvalue weighted by atomic mass is 10.0. The highest BCUT2D eigenvalue weighted by Gasteiger charge is 2.21. The molecule has 1 aliphatic heterocycles. The van der Waals surface area contributed by atoms with Crippen molar-refractivity contribution < 1.29 is 22.3 Å². The third kappa shape index (κ3) is 4.36. The van der Waals surface area contributed by atoms with Crippen LogP contribution in [-0.4, -0.2) is 39.0 Å². The molecule has 4 rings (SSSR count). The van der Waals surface area contributed by atoms with E-state index >= 15 is 0 Å². The molecule has 8 heteroatoms. The fourth-order valence-corrected chi connectivity index (χ4v) is 3.64. The average molecular weight is 424 g/mol. The molecular formula is C21H23FN6S. The van der Waals surface area contributed by atoms with E-state index in [-0.39, 0.29) is 47.7 Å². The minimum atomic E-state index is -3.28. The van der Waals surface area contributed by atoms with E-state index in [0.717, 1.165) is 11.6 Å². The van der Waals surface area contributed by atoms with Crippen molar-refractivity contribution in [3.63, 3.8) is 0 Å². The lowest BCUT2D eigenvalue weighted by Gasteiger charge is -2.32. The van der Waals surface area contributed by atoms with Crippen molar-refractivity contribution in [2.45, 2.75) is 45.0 Å². The number of thiazole rings is 1. The SMILES string of the molecule is [2H]c1c([2H])c(C([2H])N2CCC([2H])(N([2H])c3ncnc4nc(C([2H])(C([2H])([2H])[2H])C([2H])([2H])[2H])sc34)CC2)c([2H])c(C#N)c1F. The third-order valence-electron chi connectivity index (χ3n) is 4.24. The number of hydrogen-bond donors (Lipinski definition) is 1. The molecule has 1 atom stereocenters. The quantitative estimate of drug-likeness (QED) is 0.659. The van der Waals surface area contributed by atoms with Gasteiger partial charge in [-0.15, -0.1) is 11.3 Å². The Balaban J connectivity index is 1.64. The zero-order valence-electron chi connectivity index (χ0n) is 28.0. The average Bonchev–Trinajstić information content (AvgIpc) is 3.35. The molecule has 0 bridgehead atoms. The van der Waals surface area contributed by atoms with Crippen LogP contribution in [-0.2, 0) is 6.52 Å². The summed E-state index contributed by atoms with van der Waals surface area (Å²) in [5.74, 6) is -4.55. The van der Waals surface area contributed by atoms with Crippen LogP contribution in [0, 0.1) is 17.1 Å². The number of likely N-dealkylation sites (tertiary alicyclic amines) is 1. The van der Waals surface area contributed by atoms with Gasteiger partial charge in [0.2, 0.25) is 0 Å². The Bertz CT molecular complexity index is 1550. The summed E-state index contributed by atoms with van der Waals surface area (Å²) in [7, 11) is 0. The van der Waals surface area contributed by atoms with E-state index in [1.54, 1.807) is 0 Å². The standard InChI is InChI=1S/C21H23FN6S/c1-13(2)21-27-20-18(29-21)19(24-12-25-20)26-16-5-7-28(8-6-16)11-14-3-4-17(22)15(9-14)10-23/h3-4,9,12-13,16H,5-8,11H2,1-2H3,(H,24,25,26)/i1D3,2D3,3D,4D,9D,11D,13D,16D/hD. The number of halogens is 1. The minimum Gasteiger partial charge on any atom is -0.366 e. The first-order valence-electron chi connectivity index (χ1n) is 15.1. The second-order valence-corrected chi connectivity index (χ2v) is 7.18. The Kier molecular flexibility index (Phi) is 2.74. The van der Waals surface area contributed by atoms with Crippen molar-refractivity contribution in [2.75, 3.05) is 18.4 Å². The maximum Gasteiger partial charge on any atom is 0.175 e. The number of benzene rings is 1. The molecule has 3 aromatic rings. The highest BCUT2D eigenvalue weighted by Crippen LogP contribution is 2.31. The van der Waals surface area contributed by atoms with Crippen molar-refractivity contribution in [3.8, 4) is 6.07 Å². The van der Waals surface area contributed by atoms with Gasteiger partial charge in [-0.3, -0.25) is 4.90 Å². The maximum atomic E-state index is 14.2. The molecule has 1 saturated heterocycles. The van der Waals surface area contributed by atoms with Crippen molar-refractivity contribution in [1.29, 1.82) is 5.26 Å². The van der Waals surface area contributed by atoms with Crippen molar-refractivity contribution in [1.82, 2.24) is 19.9 Å². The summed E-state index contributed by atoms with van der Waals surface area (Å²) in [6.07, 6.45) is 0.871. The highest BCUT2D eigenvalue weighted by atomic mass is 32.1. The first-order chi connectivity index (χ1) is 19.3. The Morgan fingerprint density at radius 1 is 1.55 bits per heavy atom. The molecular weight excluding hydrogens is 387 g/mol. The predicted molar refractivity (Wildman–Crippen MR) is 112 cm³/mol. The van der Waals surface area contributed by atoms with E-state index in [0.29, 0.717) is 11.3 Å². The van der Waals surface area contributed by atoms with E-state index in [1.807, 2.05) is 0 Å². The summed E-state index contributed by atoms with van der Waals surface area (Å²) in [4.78, 5) is 13.5. The molecule has 6 nitrogen and oxygen atoms in total. The van der Waals surface area contributed by atoms with Gasteiger partial charge >= 0.3 is 0 Å². The zero-order valence-corrected chi connectivity index (χ0v) is 15.8. The maximum absolute atomic E-state index is 14.2. The van der Waals surface area contributed by atoms with Crippen LogP contribution in [0.15, 0.2) is 24.5 Å². The number of anilines is 1. The number of nitrogens with zero attached hydrogens (tertiary/aromatic N) is 5. The van der Waals surface area contributed by atoms with Gasteiger partial charge in [-0.25, -0.2) is 19.3 Å². The van der Waals surface area contributed by atoms with Crippen molar-refractivity contribution in [3.05, 3.63) is 46.4 Å². The monoisotopic (exact) mass is 423 g/mol. The van der Waals surface area contributed by atoms with Crippen LogP contribution in [0.4, 0.5) is 10.2 Å². The van der Waals surface area contributed by atoms with E-state index in [9.17, 15) is 9.65 Å². The lowest BCUT2D eigenvalue weighted by molar-refractivity contribution is 0.211. The van der Waals surface area contributed by atoms with Crippen LogP contribution >= 0.6 is 11.3 Å². The van der Waals surface area contributed by atoms with Crippen LogP contribution in [0.5, 0.6) is 0 Å². The van der Waals surface area contributed by atoms with Gasteiger partial charge in [0.25, 0.3) is 0 Å². The molecule has 0 aliphatic carbocycles. The van der Waals surface area contributed by atoms with Gasteiger partial charge in [-0.05, 0) is 30.5 Å². The molecule has 0 radical (unpaired) electrons. The summed E-state index contributed by atoms with van der Waals surface area (Å²) >= 11 is 0.542. The smallest absolute Gasteiger partial charge is 0.175 e. The van der Waals surface area contributed by atoms with E-state index in [1.165, 1.54) is 11.0 Å². The van der Waals surface area contributed by atoms with Crippen molar-refractivity contribution in [2.24, 2.45) is 0 Å². The number of piperidine rings is 1. The number of rotatable bonds is 5. The van der Waals surface area contributed by atoms with Crippen LogP contribution in [0.25, 0.3) is 10.3 Å². The topological polar surface area (TPSA) is 77.7 Å². The summed E-state index contributed by atoms with van der Waals surface area (Å²) < 4.78 is 119.